The molecule has 0 spiro atoms. The Kier molecular flexibility index (Phi) is 4.31. The van der Waals surface area contributed by atoms with Crippen molar-refractivity contribution in [3.63, 3.8) is 0 Å². The van der Waals surface area contributed by atoms with Crippen molar-refractivity contribution in [2.75, 3.05) is 13.7 Å². The van der Waals surface area contributed by atoms with Crippen LogP contribution in [0, 0.1) is 0 Å². The molecule has 110 valence electrons. The number of hydrogen-bond donors (Lipinski definition) is 0. The summed E-state index contributed by atoms with van der Waals surface area (Å²) in [6, 6.07) is 12.0. The molecule has 1 fully saturated rings. The highest BCUT2D eigenvalue weighted by molar-refractivity contribution is 9.11. The maximum atomic E-state index is 12.7. The fraction of sp³-hybridized carbons (Fsp3) is 0.312. The third kappa shape index (κ3) is 2.99. The summed E-state index contributed by atoms with van der Waals surface area (Å²) in [5.74, 6) is 0.960. The van der Waals surface area contributed by atoms with Crippen LogP contribution in [0.2, 0.25) is 0 Å². The number of nitrogens with zero attached hydrogens (tertiary/aromatic N) is 1. The van der Waals surface area contributed by atoms with Gasteiger partial charge in [0, 0.05) is 6.54 Å². The summed E-state index contributed by atoms with van der Waals surface area (Å²) in [6.07, 6.45) is 2.05. The summed E-state index contributed by atoms with van der Waals surface area (Å²) in [5.41, 5.74) is 1.15. The highest BCUT2D eigenvalue weighted by Crippen LogP contribution is 2.35. The summed E-state index contributed by atoms with van der Waals surface area (Å²) in [6.45, 7) is 0.816. The molecule has 3 nitrogen and oxygen atoms in total. The van der Waals surface area contributed by atoms with E-state index < -0.39 is 0 Å². The summed E-state index contributed by atoms with van der Waals surface area (Å²) in [7, 11) is 1.67. The van der Waals surface area contributed by atoms with Gasteiger partial charge in [-0.15, -0.1) is 11.3 Å². The zero-order valence-corrected chi connectivity index (χ0v) is 14.1. The average molecular weight is 366 g/mol. The molecule has 1 aromatic carbocycles. The number of benzene rings is 1. The average Bonchev–Trinajstić information content (AvgIpc) is 3.15. The Bertz CT molecular complexity index is 655. The lowest BCUT2D eigenvalue weighted by Crippen LogP contribution is -2.29. The number of ether oxygens (including phenoxy) is 1. The van der Waals surface area contributed by atoms with Crippen LogP contribution in [-0.2, 0) is 0 Å². The van der Waals surface area contributed by atoms with Crippen LogP contribution in [0.3, 0.4) is 0 Å². The van der Waals surface area contributed by atoms with E-state index in [4.69, 9.17) is 4.74 Å². The molecule has 1 atom stereocenters. The van der Waals surface area contributed by atoms with E-state index in [0.717, 1.165) is 39.4 Å². The van der Waals surface area contributed by atoms with Crippen LogP contribution in [0.4, 0.5) is 0 Å². The van der Waals surface area contributed by atoms with E-state index in [0.29, 0.717) is 0 Å². The van der Waals surface area contributed by atoms with Crippen molar-refractivity contribution >= 4 is 33.2 Å². The van der Waals surface area contributed by atoms with E-state index >= 15 is 0 Å². The summed E-state index contributed by atoms with van der Waals surface area (Å²) >= 11 is 4.91. The molecule has 2 aromatic rings. The minimum Gasteiger partial charge on any atom is -0.497 e. The zero-order valence-electron chi connectivity index (χ0n) is 11.7. The third-order valence-electron chi connectivity index (χ3n) is 3.78. The summed E-state index contributed by atoms with van der Waals surface area (Å²) in [5, 5.41) is 0. The van der Waals surface area contributed by atoms with Crippen LogP contribution in [-0.4, -0.2) is 24.5 Å². The predicted molar refractivity (Wildman–Crippen MR) is 88.0 cm³/mol. The fourth-order valence-electron chi connectivity index (χ4n) is 2.78. The standard InChI is InChI=1S/C16H16BrNO2S/c1-20-12-5-2-4-11(10-12)13-6-3-9-18(13)16(19)14-7-8-15(17)21-14/h2,4-5,7-8,10,13H,3,6,9H2,1H3. The molecule has 2 heterocycles. The second-order valence-corrected chi connectivity index (χ2v) is 7.50. The SMILES string of the molecule is COc1cccc(C2CCCN2C(=O)c2ccc(Br)s2)c1. The molecule has 0 aliphatic carbocycles. The minimum absolute atomic E-state index is 0.121. The fourth-order valence-corrected chi connectivity index (χ4v) is 4.12. The number of likely N-dealkylation sites (tertiary alicyclic amines) is 1. The van der Waals surface area contributed by atoms with Gasteiger partial charge in [-0.2, -0.15) is 0 Å². The van der Waals surface area contributed by atoms with Gasteiger partial charge < -0.3 is 9.64 Å². The second kappa shape index (κ2) is 6.20. The number of carbonyl (C=O) groups is 1. The number of amides is 1. The molecule has 1 aliphatic rings. The van der Waals surface area contributed by atoms with Gasteiger partial charge in [-0.1, -0.05) is 12.1 Å². The topological polar surface area (TPSA) is 29.5 Å². The molecule has 0 N–H and O–H groups in total. The molecule has 3 rings (SSSR count). The maximum absolute atomic E-state index is 12.7. The number of carbonyl (C=O) groups excluding carboxylic acids is 1. The molecule has 5 heteroatoms. The highest BCUT2D eigenvalue weighted by atomic mass is 79.9. The predicted octanol–water partition coefficient (Wildman–Crippen LogP) is 4.50. The normalized spacial score (nSPS) is 18.0. The van der Waals surface area contributed by atoms with Crippen molar-refractivity contribution in [1.29, 1.82) is 0 Å². The Hall–Kier alpha value is -1.33. The molecule has 1 aliphatic heterocycles. The summed E-state index contributed by atoms with van der Waals surface area (Å²) < 4.78 is 6.28. The molecule has 1 amide bonds. The van der Waals surface area contributed by atoms with Crippen molar-refractivity contribution < 1.29 is 9.53 Å². The number of methoxy groups -OCH3 is 1. The van der Waals surface area contributed by atoms with Gasteiger partial charge in [0.15, 0.2) is 0 Å². The Morgan fingerprint density at radius 1 is 1.38 bits per heavy atom. The number of halogens is 1. The van der Waals surface area contributed by atoms with Gasteiger partial charge in [-0.3, -0.25) is 4.79 Å². The third-order valence-corrected chi connectivity index (χ3v) is 5.39. The highest BCUT2D eigenvalue weighted by Gasteiger charge is 2.31. The first kappa shape index (κ1) is 14.6. The van der Waals surface area contributed by atoms with E-state index in [-0.39, 0.29) is 11.9 Å². The maximum Gasteiger partial charge on any atom is 0.264 e. The minimum atomic E-state index is 0.121. The van der Waals surface area contributed by atoms with E-state index in [9.17, 15) is 4.79 Å². The van der Waals surface area contributed by atoms with E-state index in [1.54, 1.807) is 7.11 Å². The summed E-state index contributed by atoms with van der Waals surface area (Å²) in [4.78, 5) is 15.5. The van der Waals surface area contributed by atoms with Crippen molar-refractivity contribution in [2.45, 2.75) is 18.9 Å². The molecule has 0 bridgehead atoms. The lowest BCUT2D eigenvalue weighted by molar-refractivity contribution is 0.0740. The largest absolute Gasteiger partial charge is 0.497 e. The van der Waals surface area contributed by atoms with Gasteiger partial charge in [-0.05, 0) is 58.6 Å². The van der Waals surface area contributed by atoms with Gasteiger partial charge in [0.1, 0.15) is 5.75 Å². The Labute approximate surface area is 136 Å². The molecule has 1 unspecified atom stereocenters. The van der Waals surface area contributed by atoms with E-state index in [1.807, 2.05) is 35.2 Å². The van der Waals surface area contributed by atoms with Crippen LogP contribution in [0.5, 0.6) is 5.75 Å². The van der Waals surface area contributed by atoms with Gasteiger partial charge in [0.25, 0.3) is 5.91 Å². The zero-order chi connectivity index (χ0) is 14.8. The molecular formula is C16H16BrNO2S. The van der Waals surface area contributed by atoms with E-state index in [1.165, 1.54) is 11.3 Å². The molecule has 1 aromatic heterocycles. The molecule has 21 heavy (non-hydrogen) atoms. The molecule has 1 saturated heterocycles. The van der Waals surface area contributed by atoms with Crippen molar-refractivity contribution in [1.82, 2.24) is 4.90 Å². The second-order valence-electron chi connectivity index (χ2n) is 5.04. The van der Waals surface area contributed by atoms with Crippen LogP contribution in [0.1, 0.15) is 34.1 Å². The first-order valence-corrected chi connectivity index (χ1v) is 8.50. The van der Waals surface area contributed by atoms with Gasteiger partial charge in [0.05, 0.1) is 21.8 Å². The van der Waals surface area contributed by atoms with Crippen molar-refractivity contribution in [3.05, 3.63) is 50.6 Å². The van der Waals surface area contributed by atoms with Crippen molar-refractivity contribution in [3.8, 4) is 5.75 Å². The van der Waals surface area contributed by atoms with E-state index in [2.05, 4.69) is 22.0 Å². The van der Waals surface area contributed by atoms with Gasteiger partial charge >= 0.3 is 0 Å². The Morgan fingerprint density at radius 2 is 2.24 bits per heavy atom. The molecule has 0 saturated carbocycles. The monoisotopic (exact) mass is 365 g/mol. The number of hydrogen-bond acceptors (Lipinski definition) is 3. The first-order valence-electron chi connectivity index (χ1n) is 6.89. The number of thiophene rings is 1. The first-order chi connectivity index (χ1) is 10.2. The van der Waals surface area contributed by atoms with Gasteiger partial charge in [0.2, 0.25) is 0 Å². The Morgan fingerprint density at radius 3 is 2.95 bits per heavy atom. The van der Waals surface area contributed by atoms with Crippen LogP contribution in [0.25, 0.3) is 0 Å². The van der Waals surface area contributed by atoms with Crippen LogP contribution < -0.4 is 4.74 Å². The smallest absolute Gasteiger partial charge is 0.264 e. The Balaban J connectivity index is 1.86. The van der Waals surface area contributed by atoms with Crippen LogP contribution in [0.15, 0.2) is 40.2 Å². The molecule has 0 radical (unpaired) electrons. The number of rotatable bonds is 3. The molecular weight excluding hydrogens is 350 g/mol. The van der Waals surface area contributed by atoms with Crippen molar-refractivity contribution in [2.24, 2.45) is 0 Å². The lowest BCUT2D eigenvalue weighted by Gasteiger charge is -2.25. The quantitative estimate of drug-likeness (QED) is 0.801. The lowest BCUT2D eigenvalue weighted by atomic mass is 10.0. The van der Waals surface area contributed by atoms with Crippen LogP contribution >= 0.6 is 27.3 Å². The van der Waals surface area contributed by atoms with Gasteiger partial charge in [-0.25, -0.2) is 0 Å².